The minimum absolute atomic E-state index is 0.0541. The molecule has 0 aliphatic rings. The number of rotatable bonds is 9. The number of nitrogens with one attached hydrogen (secondary N) is 2. The van der Waals surface area contributed by atoms with Crippen LogP contribution < -0.4 is 10.6 Å². The van der Waals surface area contributed by atoms with Gasteiger partial charge in [0.2, 0.25) is 5.91 Å². The summed E-state index contributed by atoms with van der Waals surface area (Å²) in [5, 5.41) is 17.9. The number of halogens is 1. The Hall–Kier alpha value is -3.36. The van der Waals surface area contributed by atoms with Crippen LogP contribution in [0, 0.1) is 5.92 Å². The average Bonchev–Trinajstić information content (AvgIpc) is 3.28. The van der Waals surface area contributed by atoms with Gasteiger partial charge < -0.3 is 15.2 Å². The number of fused-ring (bicyclic) bond motifs is 1. The molecule has 0 aliphatic heterocycles. The molecule has 0 saturated heterocycles. The van der Waals surface area contributed by atoms with Crippen molar-refractivity contribution in [2.24, 2.45) is 5.92 Å². The zero-order valence-electron chi connectivity index (χ0n) is 20.4. The third kappa shape index (κ3) is 5.71. The number of hydrogen-bond donors (Lipinski definition) is 2. The van der Waals surface area contributed by atoms with Gasteiger partial charge in [-0.05, 0) is 36.4 Å². The molecule has 3 aromatic carbocycles. The third-order valence-electron chi connectivity index (χ3n) is 5.81. The Balaban J connectivity index is 1.47. The number of carbonyl (C=O) groups excluding carboxylic acids is 2. The lowest BCUT2D eigenvalue weighted by molar-refractivity contribution is -0.113. The van der Waals surface area contributed by atoms with E-state index in [0.717, 1.165) is 16.5 Å². The summed E-state index contributed by atoms with van der Waals surface area (Å²) in [5.74, 6) is 0.479. The third-order valence-corrected chi connectivity index (χ3v) is 7.10. The Morgan fingerprint density at radius 2 is 1.72 bits per heavy atom. The number of benzene rings is 3. The fourth-order valence-electron chi connectivity index (χ4n) is 3.98. The lowest BCUT2D eigenvalue weighted by atomic mass is 10.0. The van der Waals surface area contributed by atoms with Crippen molar-refractivity contribution in [3.8, 4) is 0 Å². The fourth-order valence-corrected chi connectivity index (χ4v) is 5.01. The molecule has 2 amide bonds. The molecule has 186 valence electrons. The Morgan fingerprint density at radius 3 is 2.47 bits per heavy atom. The molecule has 0 spiro atoms. The van der Waals surface area contributed by atoms with Crippen molar-refractivity contribution < 1.29 is 9.59 Å². The lowest BCUT2D eigenvalue weighted by Crippen LogP contribution is -2.34. The Labute approximate surface area is 219 Å². The number of carbonyl (C=O) groups is 2. The first-order valence-corrected chi connectivity index (χ1v) is 13.1. The zero-order valence-corrected chi connectivity index (χ0v) is 21.9. The second kappa shape index (κ2) is 11.6. The van der Waals surface area contributed by atoms with E-state index in [0.29, 0.717) is 28.1 Å². The van der Waals surface area contributed by atoms with Gasteiger partial charge in [-0.2, -0.15) is 0 Å². The van der Waals surface area contributed by atoms with Crippen LogP contribution in [0.3, 0.4) is 0 Å². The summed E-state index contributed by atoms with van der Waals surface area (Å²) < 4.78 is 1.94. The molecule has 0 saturated carbocycles. The maximum atomic E-state index is 12.9. The van der Waals surface area contributed by atoms with Crippen LogP contribution in [0.4, 0.5) is 5.69 Å². The van der Waals surface area contributed by atoms with E-state index in [2.05, 4.69) is 20.8 Å². The van der Waals surface area contributed by atoms with Gasteiger partial charge in [0.15, 0.2) is 11.0 Å². The van der Waals surface area contributed by atoms with E-state index in [1.54, 1.807) is 24.3 Å². The van der Waals surface area contributed by atoms with Crippen molar-refractivity contribution in [3.63, 3.8) is 0 Å². The normalized spacial score (nSPS) is 12.0. The highest BCUT2D eigenvalue weighted by Gasteiger charge is 2.26. The summed E-state index contributed by atoms with van der Waals surface area (Å²) >= 11 is 7.53. The molecule has 4 rings (SSSR count). The minimum Gasteiger partial charge on any atom is -0.342 e. The van der Waals surface area contributed by atoms with Gasteiger partial charge in [0.05, 0.1) is 22.4 Å². The molecule has 4 aromatic rings. The fraction of sp³-hybridized carbons (Fsp3) is 0.259. The van der Waals surface area contributed by atoms with E-state index >= 15 is 0 Å². The number of anilines is 1. The van der Waals surface area contributed by atoms with Crippen molar-refractivity contribution >= 4 is 51.6 Å². The Kier molecular flexibility index (Phi) is 8.28. The molecule has 36 heavy (non-hydrogen) atoms. The molecular formula is C27H28ClN5O2S. The molecule has 0 radical (unpaired) electrons. The van der Waals surface area contributed by atoms with Gasteiger partial charge in [-0.25, -0.2) is 0 Å². The van der Waals surface area contributed by atoms with E-state index in [9.17, 15) is 9.59 Å². The predicted octanol–water partition coefficient (Wildman–Crippen LogP) is 5.96. The zero-order chi connectivity index (χ0) is 25.7. The van der Waals surface area contributed by atoms with Crippen LogP contribution in [0.15, 0.2) is 71.9 Å². The van der Waals surface area contributed by atoms with Crippen LogP contribution in [-0.4, -0.2) is 32.3 Å². The molecule has 9 heteroatoms. The maximum Gasteiger partial charge on any atom is 0.253 e. The first-order chi connectivity index (χ1) is 17.4. The molecule has 1 atom stereocenters. The van der Waals surface area contributed by atoms with Gasteiger partial charge >= 0.3 is 0 Å². The number of thioether (sulfide) groups is 1. The van der Waals surface area contributed by atoms with E-state index in [-0.39, 0.29) is 29.5 Å². The summed E-state index contributed by atoms with van der Waals surface area (Å²) in [6.45, 7) is 6.61. The molecule has 2 N–H and O–H groups in total. The van der Waals surface area contributed by atoms with E-state index in [1.165, 1.54) is 11.8 Å². The van der Waals surface area contributed by atoms with Crippen molar-refractivity contribution in [2.75, 3.05) is 11.1 Å². The van der Waals surface area contributed by atoms with E-state index in [4.69, 9.17) is 11.6 Å². The Morgan fingerprint density at radius 1 is 1.00 bits per heavy atom. The quantitative estimate of drug-likeness (QED) is 0.265. The molecule has 0 aliphatic carbocycles. The predicted molar refractivity (Wildman–Crippen MR) is 145 cm³/mol. The summed E-state index contributed by atoms with van der Waals surface area (Å²) in [7, 11) is 0. The van der Waals surface area contributed by atoms with Crippen molar-refractivity contribution in [1.82, 2.24) is 20.1 Å². The number of amides is 2. The van der Waals surface area contributed by atoms with Gasteiger partial charge in [0.25, 0.3) is 5.91 Å². The summed E-state index contributed by atoms with van der Waals surface area (Å²) in [6.07, 6.45) is 0. The van der Waals surface area contributed by atoms with Gasteiger partial charge in [0.1, 0.15) is 0 Å². The van der Waals surface area contributed by atoms with Crippen molar-refractivity contribution in [1.29, 1.82) is 0 Å². The van der Waals surface area contributed by atoms with Crippen LogP contribution in [-0.2, 0) is 11.3 Å². The van der Waals surface area contributed by atoms with Gasteiger partial charge in [-0.15, -0.1) is 10.2 Å². The highest BCUT2D eigenvalue weighted by atomic mass is 35.5. The van der Waals surface area contributed by atoms with Gasteiger partial charge in [-0.3, -0.25) is 9.59 Å². The first kappa shape index (κ1) is 25.7. The molecule has 0 unspecified atom stereocenters. The summed E-state index contributed by atoms with van der Waals surface area (Å²) in [5.41, 5.74) is 1.19. The molecule has 1 heterocycles. The van der Waals surface area contributed by atoms with Crippen LogP contribution >= 0.6 is 23.4 Å². The number of hydrogen-bond acceptors (Lipinski definition) is 5. The molecule has 1 aromatic heterocycles. The topological polar surface area (TPSA) is 88.9 Å². The molecule has 0 fully saturated rings. The summed E-state index contributed by atoms with van der Waals surface area (Å²) in [6, 6.07) is 20.3. The van der Waals surface area contributed by atoms with Gasteiger partial charge in [0, 0.05) is 17.6 Å². The van der Waals surface area contributed by atoms with E-state index < -0.39 is 0 Å². The number of nitrogens with zero attached hydrogens (tertiary/aromatic N) is 3. The van der Waals surface area contributed by atoms with Crippen LogP contribution in [0.25, 0.3) is 10.8 Å². The maximum absolute atomic E-state index is 12.9. The number of aromatic nitrogens is 3. The van der Waals surface area contributed by atoms with Crippen LogP contribution in [0.2, 0.25) is 5.02 Å². The second-order valence-corrected chi connectivity index (χ2v) is 9.97. The lowest BCUT2D eigenvalue weighted by Gasteiger charge is -2.22. The first-order valence-electron chi connectivity index (χ1n) is 11.8. The van der Waals surface area contributed by atoms with Crippen LogP contribution in [0.1, 0.15) is 43.0 Å². The minimum atomic E-state index is -0.375. The average molecular weight is 522 g/mol. The monoisotopic (exact) mass is 521 g/mol. The highest BCUT2D eigenvalue weighted by Crippen LogP contribution is 2.27. The smallest absolute Gasteiger partial charge is 0.253 e. The second-order valence-electron chi connectivity index (χ2n) is 8.62. The molecular weight excluding hydrogens is 494 g/mol. The van der Waals surface area contributed by atoms with Crippen molar-refractivity contribution in [2.45, 2.75) is 38.5 Å². The van der Waals surface area contributed by atoms with Crippen LogP contribution in [0.5, 0.6) is 0 Å². The van der Waals surface area contributed by atoms with Gasteiger partial charge in [-0.1, -0.05) is 85.7 Å². The Bertz CT molecular complexity index is 1380. The SMILES string of the molecule is CCn1c(SCC(=O)Nc2cccc3ccccc23)nnc1[C@H](NC(=O)c1ccccc1Cl)C(C)C. The van der Waals surface area contributed by atoms with Crippen molar-refractivity contribution in [3.05, 3.63) is 83.1 Å². The molecule has 7 nitrogen and oxygen atoms in total. The summed E-state index contributed by atoms with van der Waals surface area (Å²) in [4.78, 5) is 25.7. The van der Waals surface area contributed by atoms with E-state index in [1.807, 2.05) is 67.8 Å². The highest BCUT2D eigenvalue weighted by molar-refractivity contribution is 7.99. The standard InChI is InChI=1S/C27H28ClN5O2S/c1-4-33-25(24(17(2)3)30-26(35)20-13-7-8-14-21(20)28)31-32-27(33)36-16-23(34)29-22-15-9-11-18-10-5-6-12-19(18)22/h5-15,17,24H,4,16H2,1-3H3,(H,29,34)(H,30,35)/t24-/m1/s1. The largest absolute Gasteiger partial charge is 0.342 e. The molecule has 0 bridgehead atoms.